The number of carbonyl (C=O) groups is 1. The molecule has 1 aliphatic heterocycles. The minimum atomic E-state index is -0.175. The van der Waals surface area contributed by atoms with Gasteiger partial charge in [-0.25, -0.2) is 0 Å². The van der Waals surface area contributed by atoms with Crippen LogP contribution in [0.5, 0.6) is 0 Å². The van der Waals surface area contributed by atoms with Crippen LogP contribution in [-0.2, 0) is 23.2 Å². The molecule has 1 aromatic rings. The smallest absolute Gasteiger partial charge is 0.220 e. The second-order valence-corrected chi connectivity index (χ2v) is 5.32. The maximum absolute atomic E-state index is 11.7. The fraction of sp³-hybridized carbons (Fsp3) is 0.533. The fourth-order valence-corrected chi connectivity index (χ4v) is 2.88. The van der Waals surface area contributed by atoms with Crippen molar-refractivity contribution in [3.63, 3.8) is 0 Å². The molecule has 0 radical (unpaired) electrons. The Morgan fingerprint density at radius 3 is 2.71 bits per heavy atom. The Bertz CT molecular complexity index is 448. The first kappa shape index (κ1) is 12.2. The van der Waals surface area contributed by atoms with Crippen LogP contribution in [0.1, 0.15) is 44.4 Å². The van der Waals surface area contributed by atoms with Crippen LogP contribution >= 0.6 is 0 Å². The number of aryl methyl sites for hydroxylation is 1. The molecule has 1 heterocycles. The molecule has 0 bridgehead atoms. The molecule has 0 aromatic heterocycles. The number of hydrogen-bond acceptors (Lipinski definition) is 1. The van der Waals surface area contributed by atoms with Gasteiger partial charge < -0.3 is 4.90 Å². The molecule has 0 aliphatic carbocycles. The van der Waals surface area contributed by atoms with Crippen molar-refractivity contribution in [3.8, 4) is 0 Å². The Labute approximate surface area is 104 Å². The summed E-state index contributed by atoms with van der Waals surface area (Å²) < 4.78 is 0. The first-order valence-electron chi connectivity index (χ1n) is 6.37. The maximum Gasteiger partial charge on any atom is 0.220 e. The summed E-state index contributed by atoms with van der Waals surface area (Å²) in [7, 11) is 0. The van der Waals surface area contributed by atoms with Gasteiger partial charge in [0.15, 0.2) is 0 Å². The predicted octanol–water partition coefficient (Wildman–Crippen LogP) is 2.89. The van der Waals surface area contributed by atoms with Crippen molar-refractivity contribution in [1.29, 1.82) is 0 Å². The van der Waals surface area contributed by atoms with Crippen molar-refractivity contribution in [3.05, 3.63) is 34.9 Å². The van der Waals surface area contributed by atoms with E-state index in [4.69, 9.17) is 0 Å². The van der Waals surface area contributed by atoms with Gasteiger partial charge in [-0.2, -0.15) is 0 Å². The number of benzene rings is 1. The van der Waals surface area contributed by atoms with E-state index in [-0.39, 0.29) is 11.4 Å². The molecule has 0 fully saturated rings. The molecule has 1 aliphatic rings. The van der Waals surface area contributed by atoms with E-state index in [1.807, 2.05) is 4.90 Å². The van der Waals surface area contributed by atoms with Crippen LogP contribution in [-0.4, -0.2) is 17.4 Å². The molecule has 2 nitrogen and oxygen atoms in total. The summed E-state index contributed by atoms with van der Waals surface area (Å²) in [6, 6.07) is 6.68. The van der Waals surface area contributed by atoms with Gasteiger partial charge in [-0.3, -0.25) is 4.79 Å². The second kappa shape index (κ2) is 4.17. The highest BCUT2D eigenvalue weighted by molar-refractivity contribution is 5.75. The second-order valence-electron chi connectivity index (χ2n) is 5.32. The lowest BCUT2D eigenvalue weighted by molar-refractivity contribution is -0.135. The SMILES string of the molecule is CCc1ccc2c(c1)CCN(C(C)=O)C2(C)C. The van der Waals surface area contributed by atoms with Gasteiger partial charge in [0.25, 0.3) is 0 Å². The molecule has 0 N–H and O–H groups in total. The Morgan fingerprint density at radius 1 is 1.41 bits per heavy atom. The zero-order valence-electron chi connectivity index (χ0n) is 11.2. The Kier molecular flexibility index (Phi) is 2.98. The Morgan fingerprint density at radius 2 is 2.12 bits per heavy atom. The van der Waals surface area contributed by atoms with Crippen molar-refractivity contribution in [1.82, 2.24) is 4.90 Å². The van der Waals surface area contributed by atoms with E-state index in [1.165, 1.54) is 16.7 Å². The van der Waals surface area contributed by atoms with E-state index in [1.54, 1.807) is 6.92 Å². The molecule has 1 amide bonds. The third kappa shape index (κ3) is 1.97. The van der Waals surface area contributed by atoms with Crippen LogP contribution in [0.15, 0.2) is 18.2 Å². The molecule has 2 heteroatoms. The highest BCUT2D eigenvalue weighted by Crippen LogP contribution is 2.35. The summed E-state index contributed by atoms with van der Waals surface area (Å²) in [6.07, 6.45) is 2.05. The quantitative estimate of drug-likeness (QED) is 0.727. The summed E-state index contributed by atoms with van der Waals surface area (Å²) in [4.78, 5) is 13.6. The molecule has 0 saturated heterocycles. The molecule has 92 valence electrons. The minimum absolute atomic E-state index is 0.167. The molecule has 0 atom stereocenters. The van der Waals surface area contributed by atoms with E-state index in [0.717, 1.165) is 19.4 Å². The van der Waals surface area contributed by atoms with E-state index in [0.29, 0.717) is 0 Å². The van der Waals surface area contributed by atoms with Gasteiger partial charge in [-0.1, -0.05) is 25.1 Å². The fourth-order valence-electron chi connectivity index (χ4n) is 2.88. The number of nitrogens with zero attached hydrogens (tertiary/aromatic N) is 1. The van der Waals surface area contributed by atoms with Crippen molar-refractivity contribution in [2.24, 2.45) is 0 Å². The van der Waals surface area contributed by atoms with Crippen LogP contribution in [0, 0.1) is 0 Å². The summed E-state index contributed by atoms with van der Waals surface area (Å²) in [5.41, 5.74) is 3.92. The molecule has 0 spiro atoms. The Hall–Kier alpha value is -1.31. The van der Waals surface area contributed by atoms with Gasteiger partial charge in [0.1, 0.15) is 0 Å². The Balaban J connectivity index is 2.47. The van der Waals surface area contributed by atoms with Crippen LogP contribution in [0.25, 0.3) is 0 Å². The standard InChI is InChI=1S/C15H21NO/c1-5-12-6-7-14-13(10-12)8-9-16(11(2)17)15(14,3)4/h6-7,10H,5,8-9H2,1-4H3. The topological polar surface area (TPSA) is 20.3 Å². The van der Waals surface area contributed by atoms with Gasteiger partial charge in [0.2, 0.25) is 5.91 Å². The lowest BCUT2D eigenvalue weighted by Gasteiger charge is -2.43. The summed E-state index contributed by atoms with van der Waals surface area (Å²) >= 11 is 0. The lowest BCUT2D eigenvalue weighted by atomic mass is 9.82. The largest absolute Gasteiger partial charge is 0.333 e. The van der Waals surface area contributed by atoms with Gasteiger partial charge in [0, 0.05) is 13.5 Å². The van der Waals surface area contributed by atoms with Gasteiger partial charge in [-0.05, 0) is 43.4 Å². The molecule has 0 unspecified atom stereocenters. The van der Waals surface area contributed by atoms with Crippen LogP contribution in [0.2, 0.25) is 0 Å². The highest BCUT2D eigenvalue weighted by Gasteiger charge is 2.35. The number of hydrogen-bond donors (Lipinski definition) is 0. The van der Waals surface area contributed by atoms with Gasteiger partial charge >= 0.3 is 0 Å². The number of fused-ring (bicyclic) bond motifs is 1. The lowest BCUT2D eigenvalue weighted by Crippen LogP contribution is -2.49. The van der Waals surface area contributed by atoms with Crippen LogP contribution in [0.3, 0.4) is 0 Å². The maximum atomic E-state index is 11.7. The van der Waals surface area contributed by atoms with Crippen LogP contribution in [0.4, 0.5) is 0 Å². The average molecular weight is 231 g/mol. The average Bonchev–Trinajstić information content (AvgIpc) is 2.27. The van der Waals surface area contributed by atoms with E-state index >= 15 is 0 Å². The zero-order valence-corrected chi connectivity index (χ0v) is 11.2. The summed E-state index contributed by atoms with van der Waals surface area (Å²) in [5, 5.41) is 0. The molecule has 0 saturated carbocycles. The normalized spacial score (nSPS) is 17.8. The monoisotopic (exact) mass is 231 g/mol. The van der Waals surface area contributed by atoms with Gasteiger partial charge in [0.05, 0.1) is 5.54 Å². The number of amides is 1. The van der Waals surface area contributed by atoms with Crippen molar-refractivity contribution < 1.29 is 4.79 Å². The number of rotatable bonds is 1. The highest BCUT2D eigenvalue weighted by atomic mass is 16.2. The minimum Gasteiger partial charge on any atom is -0.333 e. The zero-order chi connectivity index (χ0) is 12.6. The molecule has 1 aromatic carbocycles. The first-order chi connectivity index (χ1) is 7.96. The van der Waals surface area contributed by atoms with Crippen molar-refractivity contribution >= 4 is 5.91 Å². The predicted molar refractivity (Wildman–Crippen MR) is 69.9 cm³/mol. The first-order valence-corrected chi connectivity index (χ1v) is 6.37. The molecule has 2 rings (SSSR count). The van der Waals surface area contributed by atoms with E-state index in [9.17, 15) is 4.79 Å². The van der Waals surface area contributed by atoms with Crippen molar-refractivity contribution in [2.45, 2.75) is 46.1 Å². The summed E-state index contributed by atoms with van der Waals surface area (Å²) in [6.45, 7) is 8.95. The third-order valence-corrected chi connectivity index (χ3v) is 3.90. The molecular formula is C15H21NO. The van der Waals surface area contributed by atoms with Crippen LogP contribution < -0.4 is 0 Å². The van der Waals surface area contributed by atoms with Gasteiger partial charge in [-0.15, -0.1) is 0 Å². The molecule has 17 heavy (non-hydrogen) atoms. The molecular weight excluding hydrogens is 210 g/mol. The van der Waals surface area contributed by atoms with E-state index < -0.39 is 0 Å². The van der Waals surface area contributed by atoms with Crippen molar-refractivity contribution in [2.75, 3.05) is 6.54 Å². The van der Waals surface area contributed by atoms with E-state index in [2.05, 4.69) is 39.0 Å². The third-order valence-electron chi connectivity index (χ3n) is 3.90. The summed E-state index contributed by atoms with van der Waals surface area (Å²) in [5.74, 6) is 0.167. The number of carbonyl (C=O) groups excluding carboxylic acids is 1.